The van der Waals surface area contributed by atoms with E-state index >= 15 is 0 Å². The molecule has 0 aliphatic carbocycles. The van der Waals surface area contributed by atoms with Crippen LogP contribution in [0, 0.1) is 19.7 Å². The Balaban J connectivity index is 1.98. The topological polar surface area (TPSA) is 54.9 Å². The molecule has 2 rings (SSSR count). The van der Waals surface area contributed by atoms with Gasteiger partial charge in [0, 0.05) is 5.69 Å². The number of hydrogen-bond acceptors (Lipinski definition) is 5. The highest BCUT2D eigenvalue weighted by Crippen LogP contribution is 2.27. The van der Waals surface area contributed by atoms with Crippen molar-refractivity contribution < 1.29 is 9.18 Å². The lowest BCUT2D eigenvalue weighted by Crippen LogP contribution is -2.22. The molecule has 0 fully saturated rings. The van der Waals surface area contributed by atoms with Crippen LogP contribution in [0.25, 0.3) is 0 Å². The molecule has 4 nitrogen and oxygen atoms in total. The third-order valence-corrected chi connectivity index (χ3v) is 4.62. The van der Waals surface area contributed by atoms with Gasteiger partial charge in [-0.1, -0.05) is 29.2 Å². The zero-order valence-corrected chi connectivity index (χ0v) is 12.9. The lowest BCUT2D eigenvalue weighted by atomic mass is 10.2. The minimum atomic E-state index is -0.331. The molecule has 1 heterocycles. The van der Waals surface area contributed by atoms with Gasteiger partial charge in [-0.2, -0.15) is 0 Å². The van der Waals surface area contributed by atoms with Gasteiger partial charge in [-0.05, 0) is 38.5 Å². The number of amides is 1. The van der Waals surface area contributed by atoms with Gasteiger partial charge in [0.2, 0.25) is 5.91 Å². The van der Waals surface area contributed by atoms with Gasteiger partial charge in [0.15, 0.2) is 4.34 Å². The molecule has 0 saturated heterocycles. The Morgan fingerprint density at radius 2 is 2.15 bits per heavy atom. The zero-order chi connectivity index (χ0) is 14.7. The van der Waals surface area contributed by atoms with Gasteiger partial charge in [-0.15, -0.1) is 10.2 Å². The summed E-state index contributed by atoms with van der Waals surface area (Å²) in [7, 11) is 0. The summed E-state index contributed by atoms with van der Waals surface area (Å²) in [5.74, 6) is -0.519. The number of anilines is 1. The molecule has 0 bridgehead atoms. The lowest BCUT2D eigenvalue weighted by Gasteiger charge is -2.10. The molecule has 0 spiro atoms. The zero-order valence-electron chi connectivity index (χ0n) is 11.3. The van der Waals surface area contributed by atoms with E-state index in [1.54, 1.807) is 26.0 Å². The van der Waals surface area contributed by atoms with Crippen molar-refractivity contribution in [3.8, 4) is 0 Å². The van der Waals surface area contributed by atoms with E-state index in [4.69, 9.17) is 0 Å². The van der Waals surface area contributed by atoms with Gasteiger partial charge < -0.3 is 5.32 Å². The average Bonchev–Trinajstić information content (AvgIpc) is 2.79. The number of aromatic nitrogens is 2. The van der Waals surface area contributed by atoms with E-state index in [0.717, 1.165) is 9.35 Å². The maximum Gasteiger partial charge on any atom is 0.237 e. The van der Waals surface area contributed by atoms with E-state index < -0.39 is 0 Å². The van der Waals surface area contributed by atoms with E-state index in [9.17, 15) is 9.18 Å². The first-order valence-electron chi connectivity index (χ1n) is 5.99. The van der Waals surface area contributed by atoms with Gasteiger partial charge in [0.05, 0.1) is 5.25 Å². The van der Waals surface area contributed by atoms with Crippen LogP contribution in [0.1, 0.15) is 17.5 Å². The predicted octanol–water partition coefficient (Wildman–Crippen LogP) is 3.41. The van der Waals surface area contributed by atoms with Gasteiger partial charge in [-0.3, -0.25) is 4.79 Å². The summed E-state index contributed by atoms with van der Waals surface area (Å²) in [6, 6.07) is 4.64. The Labute approximate surface area is 124 Å². The molecular formula is C13H14FN3OS2. The number of benzene rings is 1. The van der Waals surface area contributed by atoms with Crippen molar-refractivity contribution in [1.29, 1.82) is 0 Å². The molecule has 7 heteroatoms. The number of nitrogens with one attached hydrogen (secondary N) is 1. The number of halogens is 1. The van der Waals surface area contributed by atoms with E-state index in [0.29, 0.717) is 11.3 Å². The monoisotopic (exact) mass is 311 g/mol. The number of rotatable bonds is 4. The van der Waals surface area contributed by atoms with Gasteiger partial charge in [0.1, 0.15) is 10.8 Å². The predicted molar refractivity (Wildman–Crippen MR) is 79.7 cm³/mol. The van der Waals surface area contributed by atoms with Crippen molar-refractivity contribution in [2.24, 2.45) is 0 Å². The van der Waals surface area contributed by atoms with Crippen molar-refractivity contribution in [3.05, 3.63) is 34.6 Å². The van der Waals surface area contributed by atoms with Crippen molar-refractivity contribution >= 4 is 34.7 Å². The normalized spacial score (nSPS) is 12.2. The summed E-state index contributed by atoms with van der Waals surface area (Å²) < 4.78 is 14.2. The molecule has 1 aromatic carbocycles. The Morgan fingerprint density at radius 3 is 2.75 bits per heavy atom. The SMILES string of the molecule is Cc1nnc(SC(C)C(=O)Nc2ccc(C)c(F)c2)s1. The summed E-state index contributed by atoms with van der Waals surface area (Å²) in [5, 5.41) is 11.1. The number of nitrogens with zero attached hydrogens (tertiary/aromatic N) is 2. The number of aryl methyl sites for hydroxylation is 2. The van der Waals surface area contributed by atoms with Crippen molar-refractivity contribution in [3.63, 3.8) is 0 Å². The molecule has 0 aliphatic heterocycles. The van der Waals surface area contributed by atoms with Crippen molar-refractivity contribution in [2.75, 3.05) is 5.32 Å². The summed E-state index contributed by atoms with van der Waals surface area (Å²) in [4.78, 5) is 12.0. The molecule has 1 N–H and O–H groups in total. The van der Waals surface area contributed by atoms with Crippen LogP contribution in [0.5, 0.6) is 0 Å². The Morgan fingerprint density at radius 1 is 1.40 bits per heavy atom. The summed E-state index contributed by atoms with van der Waals surface area (Å²) in [6.07, 6.45) is 0. The van der Waals surface area contributed by atoms with E-state index in [1.807, 2.05) is 6.92 Å². The Bertz CT molecular complexity index is 630. The van der Waals surface area contributed by atoms with E-state index in [2.05, 4.69) is 15.5 Å². The second kappa shape index (κ2) is 6.32. The highest BCUT2D eigenvalue weighted by molar-refractivity contribution is 8.02. The number of hydrogen-bond donors (Lipinski definition) is 1. The first-order valence-corrected chi connectivity index (χ1v) is 7.69. The molecule has 0 saturated carbocycles. The van der Waals surface area contributed by atoms with Crippen molar-refractivity contribution in [2.45, 2.75) is 30.4 Å². The molecule has 0 radical (unpaired) electrons. The largest absolute Gasteiger partial charge is 0.325 e. The highest BCUT2D eigenvalue weighted by Gasteiger charge is 2.17. The first-order chi connectivity index (χ1) is 9.45. The molecule has 0 aliphatic rings. The molecule has 1 unspecified atom stereocenters. The number of thioether (sulfide) groups is 1. The molecule has 1 aromatic heterocycles. The molecule has 106 valence electrons. The molecule has 2 aromatic rings. The van der Waals surface area contributed by atoms with Crippen LogP contribution in [0.15, 0.2) is 22.5 Å². The quantitative estimate of drug-likeness (QED) is 0.879. The third kappa shape index (κ3) is 3.77. The smallest absolute Gasteiger partial charge is 0.237 e. The lowest BCUT2D eigenvalue weighted by molar-refractivity contribution is -0.115. The van der Waals surface area contributed by atoms with E-state index in [-0.39, 0.29) is 17.0 Å². The van der Waals surface area contributed by atoms with Crippen LogP contribution < -0.4 is 5.32 Å². The van der Waals surface area contributed by atoms with Gasteiger partial charge in [0.25, 0.3) is 0 Å². The minimum Gasteiger partial charge on any atom is -0.325 e. The van der Waals surface area contributed by atoms with Crippen LogP contribution in [0.2, 0.25) is 0 Å². The van der Waals surface area contributed by atoms with Crippen LogP contribution in [0.4, 0.5) is 10.1 Å². The fraction of sp³-hybridized carbons (Fsp3) is 0.308. The second-order valence-corrected chi connectivity index (χ2v) is 7.07. The van der Waals surface area contributed by atoms with Crippen LogP contribution in [-0.2, 0) is 4.79 Å². The summed E-state index contributed by atoms with van der Waals surface area (Å²) in [6.45, 7) is 5.32. The first kappa shape index (κ1) is 14.9. The molecule has 1 atom stereocenters. The number of carbonyl (C=O) groups is 1. The number of carbonyl (C=O) groups excluding carboxylic acids is 1. The minimum absolute atomic E-state index is 0.189. The van der Waals surface area contributed by atoms with Crippen LogP contribution >= 0.6 is 23.1 Å². The standard InChI is InChI=1S/C13H14FN3OS2/c1-7-4-5-10(6-11(7)14)15-12(18)8(2)19-13-17-16-9(3)20-13/h4-6,8H,1-3H3,(H,15,18). The molecule has 20 heavy (non-hydrogen) atoms. The second-order valence-electron chi connectivity index (χ2n) is 4.30. The summed E-state index contributed by atoms with van der Waals surface area (Å²) >= 11 is 2.78. The van der Waals surface area contributed by atoms with Gasteiger partial charge in [-0.25, -0.2) is 4.39 Å². The Hall–Kier alpha value is -1.47. The highest BCUT2D eigenvalue weighted by atomic mass is 32.2. The van der Waals surface area contributed by atoms with E-state index in [1.165, 1.54) is 29.2 Å². The summed E-state index contributed by atoms with van der Waals surface area (Å²) in [5.41, 5.74) is 1.01. The Kier molecular flexibility index (Phi) is 4.72. The third-order valence-electron chi connectivity index (χ3n) is 2.59. The van der Waals surface area contributed by atoms with Crippen molar-refractivity contribution in [1.82, 2.24) is 10.2 Å². The fourth-order valence-electron chi connectivity index (χ4n) is 1.45. The molecule has 1 amide bonds. The maximum atomic E-state index is 13.4. The molecular weight excluding hydrogens is 297 g/mol. The van der Waals surface area contributed by atoms with Crippen LogP contribution in [-0.4, -0.2) is 21.4 Å². The van der Waals surface area contributed by atoms with Gasteiger partial charge >= 0.3 is 0 Å². The maximum absolute atomic E-state index is 13.4. The van der Waals surface area contributed by atoms with Crippen LogP contribution in [0.3, 0.4) is 0 Å². The fourth-order valence-corrected chi connectivity index (χ4v) is 3.40. The average molecular weight is 311 g/mol.